The summed E-state index contributed by atoms with van der Waals surface area (Å²) in [6.07, 6.45) is 70.8. The number of hydrogen-bond acceptors (Lipinski definition) is 1. The summed E-state index contributed by atoms with van der Waals surface area (Å²) in [5.41, 5.74) is 0. The Hall–Kier alpha value is -0.570. The topological polar surface area (TPSA) is 20.3 Å². The Labute approximate surface area is 393 Å². The molecular formula is C59H119N2O+. The number of likely N-dealkylation sites (tertiary alicyclic amines) is 1. The van der Waals surface area contributed by atoms with Crippen LogP contribution in [0.3, 0.4) is 0 Å². The van der Waals surface area contributed by atoms with Gasteiger partial charge in [0, 0.05) is 13.0 Å². The first kappa shape index (κ1) is 59.4. The quantitative estimate of drug-likeness (QED) is 0.0440. The molecule has 1 fully saturated rings. The number of amides is 1. The van der Waals surface area contributed by atoms with Crippen LogP contribution in [0, 0.1) is 0 Å². The van der Waals surface area contributed by atoms with Crippen LogP contribution in [0.2, 0.25) is 0 Å². The summed E-state index contributed by atoms with van der Waals surface area (Å²) in [5, 5.41) is 0. The number of quaternary nitrogens is 1. The highest BCUT2D eigenvalue weighted by atomic mass is 16.2. The van der Waals surface area contributed by atoms with Gasteiger partial charge in [0.1, 0.15) is 0 Å². The Morgan fingerprint density at radius 2 is 0.500 bits per heavy atom. The summed E-state index contributed by atoms with van der Waals surface area (Å²) >= 11 is 0. The average molecular weight is 873 g/mol. The maximum Gasteiger partial charge on any atom is 0.226 e. The first-order valence-electron chi connectivity index (χ1n) is 29.8. The average Bonchev–Trinajstić information content (AvgIpc) is 3.68. The van der Waals surface area contributed by atoms with E-state index in [1.807, 2.05) is 0 Å². The van der Waals surface area contributed by atoms with Crippen LogP contribution in [0.5, 0.6) is 0 Å². The number of unbranched alkanes of at least 4 members (excludes halogenated alkanes) is 45. The molecule has 0 aromatic carbocycles. The van der Waals surface area contributed by atoms with Crippen molar-refractivity contribution < 1.29 is 9.28 Å². The second-order valence-corrected chi connectivity index (χ2v) is 21.3. The van der Waals surface area contributed by atoms with Crippen LogP contribution in [0.4, 0.5) is 0 Å². The molecule has 62 heavy (non-hydrogen) atoms. The van der Waals surface area contributed by atoms with E-state index in [2.05, 4.69) is 25.7 Å². The molecule has 1 amide bonds. The lowest BCUT2D eigenvalue weighted by Gasteiger charge is -2.41. The molecule has 0 aliphatic carbocycles. The third-order valence-corrected chi connectivity index (χ3v) is 15.1. The number of rotatable bonds is 53. The molecule has 0 bridgehead atoms. The standard InChI is InChI=1S/C59H119N2O/c1-4-7-10-13-16-19-22-25-28-31-34-37-40-43-46-49-55-61(58-60-54-52-53-59(60)62,56-50-47-44-41-38-35-32-29-26-23-20-17-14-11-8-5-2)57-51-48-45-42-39-36-33-30-27-24-21-18-15-12-9-6-3/h4-58H2,1-3H3/q+1. The smallest absolute Gasteiger partial charge is 0.226 e. The molecule has 0 saturated carbocycles. The van der Waals surface area contributed by atoms with Gasteiger partial charge in [-0.2, -0.15) is 0 Å². The highest BCUT2D eigenvalue weighted by Crippen LogP contribution is 2.23. The predicted molar refractivity (Wildman–Crippen MR) is 279 cm³/mol. The van der Waals surface area contributed by atoms with E-state index in [4.69, 9.17) is 0 Å². The van der Waals surface area contributed by atoms with Crippen molar-refractivity contribution in [3.05, 3.63) is 0 Å². The third-order valence-electron chi connectivity index (χ3n) is 15.1. The minimum Gasteiger partial charge on any atom is -0.306 e. The summed E-state index contributed by atoms with van der Waals surface area (Å²) < 4.78 is 1.21. The van der Waals surface area contributed by atoms with E-state index >= 15 is 0 Å². The van der Waals surface area contributed by atoms with Crippen LogP contribution in [0.15, 0.2) is 0 Å². The van der Waals surface area contributed by atoms with Crippen molar-refractivity contribution in [1.82, 2.24) is 4.90 Å². The van der Waals surface area contributed by atoms with E-state index < -0.39 is 0 Å². The van der Waals surface area contributed by atoms with Gasteiger partial charge in [0.25, 0.3) is 0 Å². The van der Waals surface area contributed by atoms with Gasteiger partial charge >= 0.3 is 0 Å². The number of carbonyl (C=O) groups excluding carboxylic acids is 1. The van der Waals surface area contributed by atoms with E-state index in [9.17, 15) is 4.79 Å². The first-order chi connectivity index (χ1) is 30.7. The van der Waals surface area contributed by atoms with Crippen molar-refractivity contribution in [2.75, 3.05) is 32.8 Å². The van der Waals surface area contributed by atoms with Gasteiger partial charge in [0.05, 0.1) is 19.6 Å². The van der Waals surface area contributed by atoms with Gasteiger partial charge in [-0.3, -0.25) is 9.69 Å². The number of nitrogens with zero attached hydrogens (tertiary/aromatic N) is 2. The van der Waals surface area contributed by atoms with E-state index in [1.165, 1.54) is 332 Å². The Morgan fingerprint density at radius 3 is 0.677 bits per heavy atom. The van der Waals surface area contributed by atoms with E-state index in [0.717, 1.165) is 26.1 Å². The summed E-state index contributed by atoms with van der Waals surface area (Å²) in [6.45, 7) is 12.9. The van der Waals surface area contributed by atoms with Crippen LogP contribution in [0.25, 0.3) is 0 Å². The summed E-state index contributed by atoms with van der Waals surface area (Å²) in [6, 6.07) is 0. The summed E-state index contributed by atoms with van der Waals surface area (Å²) in [4.78, 5) is 15.3. The molecule has 1 saturated heterocycles. The normalized spacial score (nSPS) is 13.3. The van der Waals surface area contributed by atoms with Crippen LogP contribution >= 0.6 is 0 Å². The minimum absolute atomic E-state index is 0.443. The monoisotopic (exact) mass is 872 g/mol. The molecule has 0 aromatic rings. The van der Waals surface area contributed by atoms with Crippen LogP contribution in [0.1, 0.15) is 342 Å². The molecule has 1 aliphatic heterocycles. The van der Waals surface area contributed by atoms with Gasteiger partial charge in [-0.1, -0.05) is 290 Å². The minimum atomic E-state index is 0.443. The molecule has 370 valence electrons. The fraction of sp³-hybridized carbons (Fsp3) is 0.983. The van der Waals surface area contributed by atoms with E-state index in [-0.39, 0.29) is 0 Å². The zero-order chi connectivity index (χ0) is 44.5. The molecule has 0 radical (unpaired) electrons. The van der Waals surface area contributed by atoms with E-state index in [1.54, 1.807) is 0 Å². The fourth-order valence-electron chi connectivity index (χ4n) is 10.7. The second-order valence-electron chi connectivity index (χ2n) is 21.3. The number of hydrogen-bond donors (Lipinski definition) is 0. The first-order valence-corrected chi connectivity index (χ1v) is 29.8. The molecule has 3 heteroatoms. The molecule has 1 rings (SSSR count). The lowest BCUT2D eigenvalue weighted by atomic mass is 10.0. The van der Waals surface area contributed by atoms with Gasteiger partial charge in [0.15, 0.2) is 6.67 Å². The van der Waals surface area contributed by atoms with Crippen molar-refractivity contribution in [3.63, 3.8) is 0 Å². The van der Waals surface area contributed by atoms with Crippen LogP contribution < -0.4 is 0 Å². The van der Waals surface area contributed by atoms with E-state index in [0.29, 0.717) is 5.91 Å². The van der Waals surface area contributed by atoms with Gasteiger partial charge in [0.2, 0.25) is 5.91 Å². The second kappa shape index (κ2) is 48.4. The maximum absolute atomic E-state index is 13.0. The van der Waals surface area contributed by atoms with Crippen molar-refractivity contribution >= 4 is 5.91 Å². The van der Waals surface area contributed by atoms with Gasteiger partial charge < -0.3 is 4.48 Å². The maximum atomic E-state index is 13.0. The Morgan fingerprint density at radius 1 is 0.306 bits per heavy atom. The Bertz CT molecular complexity index is 784. The predicted octanol–water partition coefficient (Wildman–Crippen LogP) is 20.2. The molecule has 0 unspecified atom stereocenters. The van der Waals surface area contributed by atoms with Crippen LogP contribution in [-0.2, 0) is 4.79 Å². The summed E-state index contributed by atoms with van der Waals surface area (Å²) in [5.74, 6) is 0.443. The molecule has 0 spiro atoms. The zero-order valence-electron chi connectivity index (χ0n) is 43.7. The third kappa shape index (κ3) is 39.8. The van der Waals surface area contributed by atoms with Crippen LogP contribution in [-0.4, -0.2) is 48.1 Å². The Kier molecular flexibility index (Phi) is 46.4. The highest BCUT2D eigenvalue weighted by Gasteiger charge is 2.33. The molecule has 0 aromatic heterocycles. The molecular weight excluding hydrogens is 753 g/mol. The van der Waals surface area contributed by atoms with Crippen molar-refractivity contribution in [1.29, 1.82) is 0 Å². The molecule has 1 aliphatic rings. The number of carbonyl (C=O) groups is 1. The largest absolute Gasteiger partial charge is 0.306 e. The zero-order valence-corrected chi connectivity index (χ0v) is 43.7. The SMILES string of the molecule is CCCCCCCCCCCCCCCCCC[N+](CCCCCCCCCCCCCCCCCC)(CCCCCCCCCCCCCCCCCC)CN1CCCC1=O. The van der Waals surface area contributed by atoms with Crippen molar-refractivity contribution in [3.8, 4) is 0 Å². The molecule has 0 atom stereocenters. The van der Waals surface area contributed by atoms with Gasteiger partial charge in [-0.15, -0.1) is 0 Å². The molecule has 0 N–H and O–H groups in total. The lowest BCUT2D eigenvalue weighted by molar-refractivity contribution is -0.936. The lowest BCUT2D eigenvalue weighted by Crippen LogP contribution is -2.56. The molecule has 1 heterocycles. The van der Waals surface area contributed by atoms with Gasteiger partial charge in [-0.05, 0) is 44.9 Å². The Balaban J connectivity index is 2.44. The van der Waals surface area contributed by atoms with Crippen molar-refractivity contribution in [2.45, 2.75) is 342 Å². The van der Waals surface area contributed by atoms with Gasteiger partial charge in [-0.25, -0.2) is 0 Å². The van der Waals surface area contributed by atoms with Crippen molar-refractivity contribution in [2.24, 2.45) is 0 Å². The summed E-state index contributed by atoms with van der Waals surface area (Å²) in [7, 11) is 0. The fourth-order valence-corrected chi connectivity index (χ4v) is 10.7. The molecule has 3 nitrogen and oxygen atoms in total. The highest BCUT2D eigenvalue weighted by molar-refractivity contribution is 5.77.